The van der Waals surface area contributed by atoms with Crippen LogP contribution in [0.4, 0.5) is 16.0 Å². The molecule has 4 aromatic heterocycles. The van der Waals surface area contributed by atoms with Crippen LogP contribution in [0.25, 0.3) is 5.82 Å². The Morgan fingerprint density at radius 3 is 2.67 bits per heavy atom. The first-order valence-electron chi connectivity index (χ1n) is 11.7. The van der Waals surface area contributed by atoms with E-state index in [9.17, 15) is 14.3 Å². The van der Waals surface area contributed by atoms with E-state index in [1.807, 2.05) is 45.0 Å². The first kappa shape index (κ1) is 23.6. The Morgan fingerprint density at radius 2 is 2.03 bits per heavy atom. The van der Waals surface area contributed by atoms with Crippen molar-refractivity contribution in [2.75, 3.05) is 5.32 Å². The van der Waals surface area contributed by atoms with Gasteiger partial charge in [0.2, 0.25) is 5.91 Å². The summed E-state index contributed by atoms with van der Waals surface area (Å²) in [6, 6.07) is 8.83. The third-order valence-electron chi connectivity index (χ3n) is 6.36. The number of hydrogen-bond donors (Lipinski definition) is 4. The van der Waals surface area contributed by atoms with Crippen molar-refractivity contribution in [3.63, 3.8) is 0 Å². The summed E-state index contributed by atoms with van der Waals surface area (Å²) in [6.45, 7) is 5.71. The number of anilines is 2. The fourth-order valence-electron chi connectivity index (χ4n) is 4.36. The number of rotatable bonds is 7. The van der Waals surface area contributed by atoms with Gasteiger partial charge in [-0.3, -0.25) is 9.89 Å². The van der Waals surface area contributed by atoms with Crippen molar-refractivity contribution in [2.24, 2.45) is 5.92 Å². The van der Waals surface area contributed by atoms with E-state index in [0.29, 0.717) is 23.1 Å². The molecule has 0 radical (unpaired) electrons. The van der Waals surface area contributed by atoms with Crippen LogP contribution in [0.1, 0.15) is 48.3 Å². The molecule has 0 unspecified atom stereocenters. The van der Waals surface area contributed by atoms with Crippen LogP contribution in [0.3, 0.4) is 0 Å². The van der Waals surface area contributed by atoms with Gasteiger partial charge in [0.05, 0.1) is 24.1 Å². The fraction of sp³-hybridized carbons (Fsp3) is 0.320. The number of pyridine rings is 2. The lowest BCUT2D eigenvalue weighted by Gasteiger charge is -2.42. The molecule has 0 aliphatic heterocycles. The Bertz CT molecular complexity index is 1390. The number of aromatic amines is 1. The second kappa shape index (κ2) is 9.15. The van der Waals surface area contributed by atoms with Gasteiger partial charge in [0.15, 0.2) is 17.5 Å². The lowest BCUT2D eigenvalue weighted by atomic mass is 9.68. The first-order valence-corrected chi connectivity index (χ1v) is 11.7. The maximum atomic E-state index is 13.2. The maximum Gasteiger partial charge on any atom is 0.223 e. The van der Waals surface area contributed by atoms with Crippen molar-refractivity contribution >= 4 is 17.5 Å². The molecule has 4 aromatic rings. The highest BCUT2D eigenvalue weighted by molar-refractivity contribution is 5.80. The number of carbonyl (C=O) groups is 1. The highest BCUT2D eigenvalue weighted by Gasteiger charge is 2.48. The van der Waals surface area contributed by atoms with Crippen molar-refractivity contribution in [3.8, 4) is 5.82 Å². The molecule has 186 valence electrons. The van der Waals surface area contributed by atoms with Crippen LogP contribution in [0, 0.1) is 25.6 Å². The number of aliphatic hydroxyl groups is 1. The number of amides is 1. The lowest BCUT2D eigenvalue weighted by Crippen LogP contribution is -2.49. The molecule has 1 fully saturated rings. The molecule has 4 heterocycles. The minimum atomic E-state index is -1.17. The number of hydrogen-bond acceptors (Lipinski definition) is 7. The average Bonchev–Trinajstić information content (AvgIpc) is 3.44. The van der Waals surface area contributed by atoms with Crippen LogP contribution in [-0.4, -0.2) is 41.0 Å². The Kier molecular flexibility index (Phi) is 6.00. The Balaban J connectivity index is 1.20. The van der Waals surface area contributed by atoms with Crippen molar-refractivity contribution in [1.82, 2.24) is 35.3 Å². The van der Waals surface area contributed by atoms with Gasteiger partial charge >= 0.3 is 0 Å². The monoisotopic (exact) mass is 490 g/mol. The van der Waals surface area contributed by atoms with E-state index in [1.54, 1.807) is 12.3 Å². The molecule has 4 N–H and O–H groups in total. The Hall–Kier alpha value is -4.12. The molecule has 1 aliphatic rings. The van der Waals surface area contributed by atoms with E-state index in [1.165, 1.54) is 10.9 Å². The molecular formula is C25H27FN8O2. The zero-order valence-corrected chi connectivity index (χ0v) is 20.2. The van der Waals surface area contributed by atoms with Crippen LogP contribution in [0.2, 0.25) is 0 Å². The molecular weight excluding hydrogens is 463 g/mol. The number of halogens is 1. The first-order chi connectivity index (χ1) is 17.2. The summed E-state index contributed by atoms with van der Waals surface area (Å²) in [4.78, 5) is 21.7. The highest BCUT2D eigenvalue weighted by atomic mass is 19.1. The smallest absolute Gasteiger partial charge is 0.223 e. The normalized spacial score (nSPS) is 20.0. The molecule has 11 heteroatoms. The predicted octanol–water partition coefficient (Wildman–Crippen LogP) is 3.36. The summed E-state index contributed by atoms with van der Waals surface area (Å²) in [5.41, 5.74) is 2.03. The largest absolute Gasteiger partial charge is 0.384 e. The second-order valence-electron chi connectivity index (χ2n) is 9.40. The lowest BCUT2D eigenvalue weighted by molar-refractivity contribution is -0.144. The number of carbonyl (C=O) groups excluding carboxylic acids is 1. The number of nitrogens with one attached hydrogen (secondary N) is 3. The summed E-state index contributed by atoms with van der Waals surface area (Å²) < 4.78 is 14.5. The van der Waals surface area contributed by atoms with Crippen molar-refractivity contribution in [3.05, 3.63) is 77.3 Å². The summed E-state index contributed by atoms with van der Waals surface area (Å²) >= 11 is 0. The third kappa shape index (κ3) is 4.82. The van der Waals surface area contributed by atoms with Gasteiger partial charge < -0.3 is 15.7 Å². The van der Waals surface area contributed by atoms with Gasteiger partial charge in [-0.05, 0) is 62.9 Å². The minimum absolute atomic E-state index is 0.136. The van der Waals surface area contributed by atoms with Crippen LogP contribution < -0.4 is 10.6 Å². The second-order valence-corrected chi connectivity index (χ2v) is 9.40. The molecule has 0 bridgehead atoms. The van der Waals surface area contributed by atoms with Crippen LogP contribution >= 0.6 is 0 Å². The van der Waals surface area contributed by atoms with E-state index < -0.39 is 11.4 Å². The van der Waals surface area contributed by atoms with Crippen molar-refractivity contribution in [1.29, 1.82) is 0 Å². The molecule has 1 atom stereocenters. The van der Waals surface area contributed by atoms with Crippen LogP contribution in [0.5, 0.6) is 0 Å². The van der Waals surface area contributed by atoms with E-state index in [4.69, 9.17) is 0 Å². The molecule has 10 nitrogen and oxygen atoms in total. The van der Waals surface area contributed by atoms with Crippen LogP contribution in [0.15, 0.2) is 48.9 Å². The zero-order valence-electron chi connectivity index (χ0n) is 20.2. The molecule has 0 spiro atoms. The molecule has 1 amide bonds. The molecule has 1 aliphatic carbocycles. The quantitative estimate of drug-likeness (QED) is 0.312. The minimum Gasteiger partial charge on any atom is -0.384 e. The predicted molar refractivity (Wildman–Crippen MR) is 130 cm³/mol. The zero-order chi connectivity index (χ0) is 25.4. The van der Waals surface area contributed by atoms with Gasteiger partial charge in [0.1, 0.15) is 11.4 Å². The van der Waals surface area contributed by atoms with E-state index in [0.717, 1.165) is 23.0 Å². The number of H-pyrrole nitrogens is 1. The van der Waals surface area contributed by atoms with E-state index in [-0.39, 0.29) is 30.7 Å². The SMILES string of the molecule is Cc1cc(Nc2cc(C)[nH]n2)nc(C2(O)CC(C(=O)N[C@@H](C)c3ccc(-n4cc(F)cn4)nc3)C2)c1. The van der Waals surface area contributed by atoms with E-state index >= 15 is 0 Å². The maximum absolute atomic E-state index is 13.2. The Labute approximate surface area is 207 Å². The molecule has 0 aromatic carbocycles. The third-order valence-corrected chi connectivity index (χ3v) is 6.36. The summed E-state index contributed by atoms with van der Waals surface area (Å²) in [6.07, 6.45) is 4.55. The van der Waals surface area contributed by atoms with E-state index in [2.05, 4.69) is 35.9 Å². The summed E-state index contributed by atoms with van der Waals surface area (Å²) in [7, 11) is 0. The Morgan fingerprint density at radius 1 is 1.22 bits per heavy atom. The van der Waals surface area contributed by atoms with Gasteiger partial charge in [0.25, 0.3) is 0 Å². The summed E-state index contributed by atoms with van der Waals surface area (Å²) in [5, 5.41) is 28.2. The number of aromatic nitrogens is 6. The van der Waals surface area contributed by atoms with Gasteiger partial charge in [-0.15, -0.1) is 0 Å². The van der Waals surface area contributed by atoms with Crippen molar-refractivity contribution < 1.29 is 14.3 Å². The summed E-state index contributed by atoms with van der Waals surface area (Å²) in [5.74, 6) is 0.797. The number of aryl methyl sites for hydroxylation is 2. The topological polar surface area (TPSA) is 134 Å². The van der Waals surface area contributed by atoms with Gasteiger partial charge in [-0.1, -0.05) is 6.07 Å². The van der Waals surface area contributed by atoms with Gasteiger partial charge in [-0.25, -0.2) is 19.0 Å². The molecule has 0 saturated heterocycles. The standard InChI is InChI=1S/C25H27FN8O2/c1-14-6-20(30-21(7-14)31-22-8-15(2)32-33-22)25(36)9-18(10-25)24(35)29-16(3)17-4-5-23(27-11-17)34-13-19(26)12-28-34/h4-8,11-13,16,18,36H,9-10H2,1-3H3,(H,29,35)(H2,30,31,32,33)/t16-,18?,25?/m0/s1. The molecule has 36 heavy (non-hydrogen) atoms. The fourth-order valence-corrected chi connectivity index (χ4v) is 4.36. The molecule has 5 rings (SSSR count). The van der Waals surface area contributed by atoms with Gasteiger partial charge in [-0.2, -0.15) is 10.2 Å². The van der Waals surface area contributed by atoms with Gasteiger partial charge in [0, 0.05) is 23.9 Å². The van der Waals surface area contributed by atoms with Crippen LogP contribution in [-0.2, 0) is 10.4 Å². The number of nitrogens with zero attached hydrogens (tertiary/aromatic N) is 5. The van der Waals surface area contributed by atoms with Crippen molar-refractivity contribution in [2.45, 2.75) is 45.3 Å². The average molecular weight is 491 g/mol. The molecule has 1 saturated carbocycles. The highest BCUT2D eigenvalue weighted by Crippen LogP contribution is 2.45.